The molecule has 0 atom stereocenters. The zero-order chi connectivity index (χ0) is 16.2. The van der Waals surface area contributed by atoms with Crippen molar-refractivity contribution in [2.75, 3.05) is 54.7 Å². The Morgan fingerprint density at radius 1 is 1.13 bits per heavy atom. The van der Waals surface area contributed by atoms with E-state index in [1.54, 1.807) is 21.3 Å². The van der Waals surface area contributed by atoms with Gasteiger partial charge in [0.05, 0.1) is 26.9 Å². The number of rotatable bonds is 9. The standard InChI is InChI=1S/C16H27N3O3.HI/c1-17-16(18-9-10-22-12-11-20-3)19(2)13-14-5-7-15(21-4)8-6-14;/h5-8H,9-13H2,1-4H3,(H,17,18);1H. The highest BCUT2D eigenvalue weighted by Gasteiger charge is 2.06. The lowest BCUT2D eigenvalue weighted by Gasteiger charge is -2.22. The second-order valence-electron chi connectivity index (χ2n) is 4.78. The molecule has 0 saturated carbocycles. The second-order valence-corrected chi connectivity index (χ2v) is 4.78. The molecule has 0 radical (unpaired) electrons. The van der Waals surface area contributed by atoms with Crippen molar-refractivity contribution in [1.82, 2.24) is 10.2 Å². The molecule has 0 fully saturated rings. The van der Waals surface area contributed by atoms with Crippen molar-refractivity contribution in [2.24, 2.45) is 4.99 Å². The zero-order valence-electron chi connectivity index (χ0n) is 14.4. The Labute approximate surface area is 156 Å². The van der Waals surface area contributed by atoms with Crippen LogP contribution in [0.3, 0.4) is 0 Å². The third kappa shape index (κ3) is 8.97. The zero-order valence-corrected chi connectivity index (χ0v) is 16.7. The number of hydrogen-bond donors (Lipinski definition) is 1. The Balaban J connectivity index is 0.00000484. The highest BCUT2D eigenvalue weighted by molar-refractivity contribution is 14.0. The van der Waals surface area contributed by atoms with E-state index in [4.69, 9.17) is 14.2 Å². The molecular formula is C16H28IN3O3. The Kier molecular flexibility index (Phi) is 12.8. The van der Waals surface area contributed by atoms with Crippen LogP contribution in [0.15, 0.2) is 29.3 Å². The summed E-state index contributed by atoms with van der Waals surface area (Å²) < 4.78 is 15.5. The lowest BCUT2D eigenvalue weighted by Crippen LogP contribution is -2.40. The van der Waals surface area contributed by atoms with Crippen LogP contribution < -0.4 is 10.1 Å². The second kappa shape index (κ2) is 13.4. The molecule has 0 aliphatic rings. The van der Waals surface area contributed by atoms with E-state index < -0.39 is 0 Å². The Hall–Kier alpha value is -1.06. The van der Waals surface area contributed by atoms with Crippen LogP contribution in [-0.4, -0.2) is 65.5 Å². The summed E-state index contributed by atoms with van der Waals surface area (Å²) in [7, 11) is 7.11. The Morgan fingerprint density at radius 2 is 1.83 bits per heavy atom. The number of nitrogens with one attached hydrogen (secondary N) is 1. The Bertz CT molecular complexity index is 441. The predicted octanol–water partition coefficient (Wildman–Crippen LogP) is 1.98. The van der Waals surface area contributed by atoms with E-state index in [0.717, 1.165) is 18.3 Å². The van der Waals surface area contributed by atoms with E-state index >= 15 is 0 Å². The van der Waals surface area contributed by atoms with Crippen LogP contribution in [0, 0.1) is 0 Å². The summed E-state index contributed by atoms with van der Waals surface area (Å²) in [5.74, 6) is 1.70. The lowest BCUT2D eigenvalue weighted by atomic mass is 10.2. The first-order chi connectivity index (χ1) is 10.7. The van der Waals surface area contributed by atoms with Gasteiger partial charge < -0.3 is 24.4 Å². The van der Waals surface area contributed by atoms with Gasteiger partial charge in [-0.15, -0.1) is 24.0 Å². The smallest absolute Gasteiger partial charge is 0.193 e. The summed E-state index contributed by atoms with van der Waals surface area (Å²) in [6.45, 7) is 3.33. The fourth-order valence-electron chi connectivity index (χ4n) is 1.94. The lowest BCUT2D eigenvalue weighted by molar-refractivity contribution is 0.0731. The molecule has 1 rings (SSSR count). The molecule has 6 nitrogen and oxygen atoms in total. The van der Waals surface area contributed by atoms with Gasteiger partial charge in [0.1, 0.15) is 5.75 Å². The largest absolute Gasteiger partial charge is 0.497 e. The average Bonchev–Trinajstić information content (AvgIpc) is 2.55. The molecule has 0 saturated heterocycles. The van der Waals surface area contributed by atoms with Crippen molar-refractivity contribution in [3.8, 4) is 5.75 Å². The first-order valence-corrected chi connectivity index (χ1v) is 7.32. The maximum atomic E-state index is 5.42. The molecule has 23 heavy (non-hydrogen) atoms. The van der Waals surface area contributed by atoms with Crippen LogP contribution in [0.5, 0.6) is 5.75 Å². The summed E-state index contributed by atoms with van der Waals surface area (Å²) in [6, 6.07) is 8.03. The van der Waals surface area contributed by atoms with E-state index in [-0.39, 0.29) is 24.0 Å². The van der Waals surface area contributed by atoms with Crippen LogP contribution in [0.4, 0.5) is 0 Å². The molecule has 0 bridgehead atoms. The average molecular weight is 437 g/mol. The van der Waals surface area contributed by atoms with Crippen LogP contribution in [0.2, 0.25) is 0 Å². The number of methoxy groups -OCH3 is 2. The van der Waals surface area contributed by atoms with Crippen molar-refractivity contribution in [3.63, 3.8) is 0 Å². The summed E-state index contributed by atoms with van der Waals surface area (Å²) in [5, 5.41) is 3.27. The quantitative estimate of drug-likeness (QED) is 0.277. The first-order valence-electron chi connectivity index (χ1n) is 7.32. The third-order valence-electron chi connectivity index (χ3n) is 3.11. The topological polar surface area (TPSA) is 55.3 Å². The number of hydrogen-bond acceptors (Lipinski definition) is 4. The maximum absolute atomic E-state index is 5.42. The highest BCUT2D eigenvalue weighted by Crippen LogP contribution is 2.12. The minimum Gasteiger partial charge on any atom is -0.497 e. The fourth-order valence-corrected chi connectivity index (χ4v) is 1.94. The van der Waals surface area contributed by atoms with E-state index in [9.17, 15) is 0 Å². The minimum atomic E-state index is 0. The summed E-state index contributed by atoms with van der Waals surface area (Å²) >= 11 is 0. The molecule has 1 aromatic carbocycles. The van der Waals surface area contributed by atoms with Crippen molar-refractivity contribution >= 4 is 29.9 Å². The van der Waals surface area contributed by atoms with Gasteiger partial charge in [-0.2, -0.15) is 0 Å². The van der Waals surface area contributed by atoms with Gasteiger partial charge in [0.2, 0.25) is 0 Å². The molecule has 0 aliphatic carbocycles. The van der Waals surface area contributed by atoms with E-state index in [1.165, 1.54) is 5.56 Å². The molecule has 1 aromatic rings. The van der Waals surface area contributed by atoms with E-state index in [1.807, 2.05) is 19.2 Å². The van der Waals surface area contributed by atoms with Gasteiger partial charge in [0.25, 0.3) is 0 Å². The van der Waals surface area contributed by atoms with Gasteiger partial charge in [-0.05, 0) is 17.7 Å². The number of aliphatic imine (C=N–C) groups is 1. The molecule has 1 N–H and O–H groups in total. The van der Waals surface area contributed by atoms with Crippen LogP contribution in [0.25, 0.3) is 0 Å². The summed E-state index contributed by atoms with van der Waals surface area (Å²) in [5.41, 5.74) is 1.20. The fraction of sp³-hybridized carbons (Fsp3) is 0.562. The number of benzene rings is 1. The maximum Gasteiger partial charge on any atom is 0.193 e. The van der Waals surface area contributed by atoms with Gasteiger partial charge in [0, 0.05) is 34.3 Å². The van der Waals surface area contributed by atoms with E-state index in [0.29, 0.717) is 26.4 Å². The van der Waals surface area contributed by atoms with Crippen LogP contribution in [-0.2, 0) is 16.0 Å². The third-order valence-corrected chi connectivity index (χ3v) is 3.11. The van der Waals surface area contributed by atoms with Gasteiger partial charge in [-0.1, -0.05) is 12.1 Å². The summed E-state index contributed by atoms with van der Waals surface area (Å²) in [6.07, 6.45) is 0. The van der Waals surface area contributed by atoms with Gasteiger partial charge in [-0.3, -0.25) is 4.99 Å². The van der Waals surface area contributed by atoms with Crippen LogP contribution in [0.1, 0.15) is 5.56 Å². The minimum absolute atomic E-state index is 0. The molecular weight excluding hydrogens is 409 g/mol. The van der Waals surface area contributed by atoms with E-state index in [2.05, 4.69) is 27.3 Å². The van der Waals surface area contributed by atoms with Crippen molar-refractivity contribution in [3.05, 3.63) is 29.8 Å². The molecule has 0 spiro atoms. The molecule has 0 aromatic heterocycles. The monoisotopic (exact) mass is 437 g/mol. The van der Waals surface area contributed by atoms with Gasteiger partial charge >= 0.3 is 0 Å². The molecule has 0 aliphatic heterocycles. The molecule has 132 valence electrons. The molecule has 0 unspecified atom stereocenters. The van der Waals surface area contributed by atoms with Crippen molar-refractivity contribution < 1.29 is 14.2 Å². The predicted molar refractivity (Wildman–Crippen MR) is 104 cm³/mol. The van der Waals surface area contributed by atoms with Crippen molar-refractivity contribution in [1.29, 1.82) is 0 Å². The number of nitrogens with zero attached hydrogens (tertiary/aromatic N) is 2. The molecule has 7 heteroatoms. The van der Waals surface area contributed by atoms with Crippen LogP contribution >= 0.6 is 24.0 Å². The summed E-state index contributed by atoms with van der Waals surface area (Å²) in [4.78, 5) is 6.34. The van der Waals surface area contributed by atoms with Gasteiger partial charge in [0.15, 0.2) is 5.96 Å². The number of ether oxygens (including phenoxy) is 3. The first kappa shape index (κ1) is 21.9. The highest BCUT2D eigenvalue weighted by atomic mass is 127. The number of halogens is 1. The SMILES string of the molecule is CN=C(NCCOCCOC)N(C)Cc1ccc(OC)cc1.I. The molecule has 0 amide bonds. The molecule has 0 heterocycles. The van der Waals surface area contributed by atoms with Crippen molar-refractivity contribution in [2.45, 2.75) is 6.54 Å². The normalized spacial score (nSPS) is 10.9. The Morgan fingerprint density at radius 3 is 2.39 bits per heavy atom. The van der Waals surface area contributed by atoms with Gasteiger partial charge in [-0.25, -0.2) is 0 Å². The number of guanidine groups is 1.